The lowest BCUT2D eigenvalue weighted by atomic mass is 9.77. The predicted molar refractivity (Wildman–Crippen MR) is 237 cm³/mol. The highest BCUT2D eigenvalue weighted by Gasteiger charge is 2.33. The van der Waals surface area contributed by atoms with Crippen molar-refractivity contribution in [3.05, 3.63) is 198 Å². The van der Waals surface area contributed by atoms with Crippen molar-refractivity contribution < 1.29 is 0 Å². The summed E-state index contributed by atoms with van der Waals surface area (Å²) in [5.74, 6) is 2.30. The van der Waals surface area contributed by atoms with Gasteiger partial charge in [-0.25, -0.2) is 0 Å². The van der Waals surface area contributed by atoms with Crippen LogP contribution in [0.1, 0.15) is 60.2 Å². The van der Waals surface area contributed by atoms with Gasteiger partial charge in [0.2, 0.25) is 0 Å². The van der Waals surface area contributed by atoms with Crippen LogP contribution in [0.25, 0.3) is 50.9 Å². The van der Waals surface area contributed by atoms with E-state index in [9.17, 15) is 0 Å². The summed E-state index contributed by atoms with van der Waals surface area (Å²) in [6.07, 6.45) is 45.8. The molecule has 11 rings (SSSR count). The zero-order chi connectivity index (χ0) is 37.0. The van der Waals surface area contributed by atoms with Crippen LogP contribution in [0.4, 0.5) is 0 Å². The first kappa shape index (κ1) is 33.5. The maximum absolute atomic E-state index is 2.62. The van der Waals surface area contributed by atoms with Crippen LogP contribution in [0.3, 0.4) is 0 Å². The number of allylic oxidation sites excluding steroid dienone is 18. The van der Waals surface area contributed by atoms with E-state index in [0.29, 0.717) is 29.6 Å². The Morgan fingerprint density at radius 1 is 0.518 bits per heavy atom. The van der Waals surface area contributed by atoms with Crippen LogP contribution in [-0.2, 0) is 12.8 Å². The van der Waals surface area contributed by atoms with Gasteiger partial charge in [-0.15, -0.1) is 0 Å². The van der Waals surface area contributed by atoms with Gasteiger partial charge in [0.05, 0.1) is 11.0 Å². The zero-order valence-corrected chi connectivity index (χ0v) is 32.0. The van der Waals surface area contributed by atoms with Gasteiger partial charge in [-0.3, -0.25) is 0 Å². The molecule has 6 aliphatic carbocycles. The smallest absolute Gasteiger partial charge is 0.0534 e. The Morgan fingerprint density at radius 2 is 1.21 bits per heavy atom. The van der Waals surface area contributed by atoms with Crippen molar-refractivity contribution in [2.45, 2.75) is 44.9 Å². The highest BCUT2D eigenvalue weighted by atomic mass is 15.0. The van der Waals surface area contributed by atoms with Crippen molar-refractivity contribution in [1.82, 2.24) is 9.13 Å². The number of para-hydroxylation sites is 2. The van der Waals surface area contributed by atoms with Crippen LogP contribution in [-0.4, -0.2) is 9.13 Å². The quantitative estimate of drug-likeness (QED) is 0.165. The second kappa shape index (κ2) is 14.0. The van der Waals surface area contributed by atoms with Gasteiger partial charge in [0, 0.05) is 39.5 Å². The number of benzene rings is 3. The second-order valence-corrected chi connectivity index (χ2v) is 16.7. The summed E-state index contributed by atoms with van der Waals surface area (Å²) >= 11 is 0. The van der Waals surface area contributed by atoms with Crippen LogP contribution in [0.5, 0.6) is 0 Å². The molecule has 0 amide bonds. The second-order valence-electron chi connectivity index (χ2n) is 16.7. The number of fused-ring (bicyclic) bond motifs is 6. The highest BCUT2D eigenvalue weighted by molar-refractivity contribution is 5.95. The fourth-order valence-electron chi connectivity index (χ4n) is 10.7. The summed E-state index contributed by atoms with van der Waals surface area (Å²) < 4.78 is 5.20. The summed E-state index contributed by atoms with van der Waals surface area (Å²) in [6.45, 7) is 0. The molecule has 56 heavy (non-hydrogen) atoms. The van der Waals surface area contributed by atoms with E-state index in [4.69, 9.17) is 0 Å². The van der Waals surface area contributed by atoms with Crippen molar-refractivity contribution in [3.63, 3.8) is 0 Å². The van der Waals surface area contributed by atoms with E-state index >= 15 is 0 Å². The van der Waals surface area contributed by atoms with Gasteiger partial charge in [-0.05, 0) is 127 Å². The molecule has 0 radical (unpaired) electrons. The molecular formula is C54H48N2. The number of nitrogens with zero attached hydrogens (tertiary/aromatic N) is 2. The Hall–Kier alpha value is -5.86. The molecule has 2 heterocycles. The van der Waals surface area contributed by atoms with E-state index in [-0.39, 0.29) is 0 Å². The summed E-state index contributed by atoms with van der Waals surface area (Å²) in [5, 5.41) is 2.81. The molecule has 0 fully saturated rings. The van der Waals surface area contributed by atoms with Crippen molar-refractivity contribution in [2.75, 3.05) is 0 Å². The molecule has 2 nitrogen and oxygen atoms in total. The van der Waals surface area contributed by atoms with E-state index in [2.05, 4.69) is 185 Å². The third kappa shape index (κ3) is 5.77. The van der Waals surface area contributed by atoms with Crippen LogP contribution in [0.15, 0.2) is 170 Å². The van der Waals surface area contributed by atoms with Gasteiger partial charge in [0.15, 0.2) is 0 Å². The summed E-state index contributed by atoms with van der Waals surface area (Å²) in [5.41, 5.74) is 15.4. The molecule has 2 heteroatoms. The molecule has 5 aromatic rings. The molecule has 5 atom stereocenters. The van der Waals surface area contributed by atoms with E-state index < -0.39 is 0 Å². The molecule has 2 aromatic heterocycles. The minimum atomic E-state index is 0.438. The van der Waals surface area contributed by atoms with Gasteiger partial charge in [0.25, 0.3) is 0 Å². The van der Waals surface area contributed by atoms with Crippen molar-refractivity contribution in [1.29, 1.82) is 0 Å². The molecule has 0 saturated heterocycles. The van der Waals surface area contributed by atoms with Gasteiger partial charge in [-0.2, -0.15) is 0 Å². The Bertz CT molecular complexity index is 2690. The van der Waals surface area contributed by atoms with Crippen LogP contribution < -0.4 is 0 Å². The topological polar surface area (TPSA) is 9.86 Å². The average molecular weight is 725 g/mol. The molecule has 0 aliphatic heterocycles. The first-order valence-electron chi connectivity index (χ1n) is 20.9. The van der Waals surface area contributed by atoms with Crippen molar-refractivity contribution in [3.8, 4) is 0 Å². The molecule has 274 valence electrons. The highest BCUT2D eigenvalue weighted by Crippen LogP contribution is 2.45. The van der Waals surface area contributed by atoms with Gasteiger partial charge < -0.3 is 9.13 Å². The normalized spacial score (nSPS) is 25.2. The lowest BCUT2D eigenvalue weighted by Gasteiger charge is -2.30. The summed E-state index contributed by atoms with van der Waals surface area (Å²) in [4.78, 5) is 0. The predicted octanol–water partition coefficient (Wildman–Crippen LogP) is 13.4. The molecule has 0 N–H and O–H groups in total. The average Bonchev–Trinajstić information content (AvgIpc) is 3.79. The molecule has 3 aromatic carbocycles. The van der Waals surface area contributed by atoms with Crippen molar-refractivity contribution in [2.24, 2.45) is 29.6 Å². The van der Waals surface area contributed by atoms with E-state index in [1.165, 1.54) is 73.3 Å². The van der Waals surface area contributed by atoms with E-state index in [0.717, 1.165) is 38.5 Å². The van der Waals surface area contributed by atoms with Crippen LogP contribution >= 0.6 is 0 Å². The fourth-order valence-corrected chi connectivity index (χ4v) is 10.7. The third-order valence-corrected chi connectivity index (χ3v) is 13.5. The minimum Gasteiger partial charge on any atom is -0.313 e. The maximum Gasteiger partial charge on any atom is 0.0534 e. The Kier molecular flexibility index (Phi) is 8.38. The van der Waals surface area contributed by atoms with E-state index in [1.807, 2.05) is 0 Å². The lowest BCUT2D eigenvalue weighted by Crippen LogP contribution is -2.21. The van der Waals surface area contributed by atoms with Crippen molar-refractivity contribution >= 4 is 50.9 Å². The zero-order valence-electron chi connectivity index (χ0n) is 32.0. The fraction of sp³-hybridized carbons (Fsp3) is 0.222. The summed E-state index contributed by atoms with van der Waals surface area (Å²) in [6, 6.07) is 29.3. The first-order valence-corrected chi connectivity index (χ1v) is 20.9. The van der Waals surface area contributed by atoms with Crippen LogP contribution in [0.2, 0.25) is 0 Å². The SMILES string of the molecule is C1=CCCC(C2C=CC=C(n3c4c(c5ccccc53)CC(C3C=Cc5c(c6ccccc6n5C5=CC(c6ccccc6)=CC(C6C=CC=CC6)C5)C3)C=C4)C2)=C1. The van der Waals surface area contributed by atoms with Gasteiger partial charge >= 0.3 is 0 Å². The molecule has 0 bridgehead atoms. The van der Waals surface area contributed by atoms with Crippen LogP contribution in [0, 0.1) is 29.6 Å². The summed E-state index contributed by atoms with van der Waals surface area (Å²) in [7, 11) is 0. The van der Waals surface area contributed by atoms with Gasteiger partial charge in [-0.1, -0.05) is 145 Å². The Labute approximate surface area is 330 Å². The number of hydrogen-bond donors (Lipinski definition) is 0. The number of rotatable bonds is 6. The largest absolute Gasteiger partial charge is 0.313 e. The standard InChI is InChI=1S/C54H48N2/c1-4-15-37(16-5-1)40-21-14-22-45(32-40)55-51-25-12-10-23-47(51)49-35-41(27-29-53(49)55)42-28-30-54-50(36-42)48-24-11-13-26-52(48)56(54)46-33-43(38-17-6-2-7-18-38)31-44(34-46)39-19-8-3-9-20-39/h1-4,6-15,17-19,21-31,33,39-42,44H,5,16,20,32,34-36H2. The monoisotopic (exact) mass is 724 g/mol. The molecular weight excluding hydrogens is 677 g/mol. The Balaban J connectivity index is 0.932. The molecule has 0 spiro atoms. The number of hydrogen-bond acceptors (Lipinski definition) is 0. The molecule has 6 aliphatic rings. The Morgan fingerprint density at radius 3 is 1.89 bits per heavy atom. The maximum atomic E-state index is 2.62. The van der Waals surface area contributed by atoms with Gasteiger partial charge in [0.1, 0.15) is 0 Å². The first-order chi connectivity index (χ1) is 27.8. The lowest BCUT2D eigenvalue weighted by molar-refractivity contribution is 0.466. The molecule has 5 unspecified atom stereocenters. The minimum absolute atomic E-state index is 0.438. The number of aromatic nitrogens is 2. The van der Waals surface area contributed by atoms with E-state index in [1.54, 1.807) is 5.57 Å². The molecule has 0 saturated carbocycles. The third-order valence-electron chi connectivity index (χ3n) is 13.5.